The van der Waals surface area contributed by atoms with E-state index in [-0.39, 0.29) is 5.91 Å². The van der Waals surface area contributed by atoms with E-state index >= 15 is 0 Å². The molecule has 0 aliphatic heterocycles. The lowest BCUT2D eigenvalue weighted by molar-refractivity contribution is 0.102. The predicted molar refractivity (Wildman–Crippen MR) is 111 cm³/mol. The molecule has 0 saturated carbocycles. The fourth-order valence-corrected chi connectivity index (χ4v) is 2.79. The van der Waals surface area contributed by atoms with Gasteiger partial charge in [-0.3, -0.25) is 4.79 Å². The SMILES string of the molecule is COc1ccc(NC(=O)c2ccnc(NCc3ccccc3Cl)c2)c(OC)c1. The number of hydrogen-bond acceptors (Lipinski definition) is 5. The Morgan fingerprint density at radius 1 is 1.07 bits per heavy atom. The Morgan fingerprint density at radius 3 is 2.64 bits per heavy atom. The summed E-state index contributed by atoms with van der Waals surface area (Å²) in [4.78, 5) is 16.9. The number of pyridine rings is 1. The molecule has 0 bridgehead atoms. The van der Waals surface area contributed by atoms with Crippen LogP contribution in [0.4, 0.5) is 11.5 Å². The van der Waals surface area contributed by atoms with Gasteiger partial charge in [-0.15, -0.1) is 0 Å². The Kier molecular flexibility index (Phi) is 6.34. The summed E-state index contributed by atoms with van der Waals surface area (Å²) < 4.78 is 10.5. The minimum absolute atomic E-state index is 0.272. The number of carbonyl (C=O) groups is 1. The molecule has 1 amide bonds. The van der Waals surface area contributed by atoms with E-state index in [9.17, 15) is 4.79 Å². The van der Waals surface area contributed by atoms with E-state index < -0.39 is 0 Å². The molecular weight excluding hydrogens is 378 g/mol. The summed E-state index contributed by atoms with van der Waals surface area (Å²) >= 11 is 6.17. The molecule has 0 radical (unpaired) electrons. The number of methoxy groups -OCH3 is 2. The van der Waals surface area contributed by atoms with Crippen molar-refractivity contribution in [3.8, 4) is 11.5 Å². The topological polar surface area (TPSA) is 72.5 Å². The van der Waals surface area contributed by atoms with Crippen molar-refractivity contribution < 1.29 is 14.3 Å². The number of amides is 1. The second-order valence-electron chi connectivity index (χ2n) is 5.90. The Hall–Kier alpha value is -3.25. The van der Waals surface area contributed by atoms with Gasteiger partial charge < -0.3 is 20.1 Å². The average molecular weight is 398 g/mol. The molecule has 0 fully saturated rings. The van der Waals surface area contributed by atoms with Crippen LogP contribution in [0.3, 0.4) is 0 Å². The number of carbonyl (C=O) groups excluding carboxylic acids is 1. The number of hydrogen-bond donors (Lipinski definition) is 2. The first-order valence-corrected chi connectivity index (χ1v) is 8.95. The first kappa shape index (κ1) is 19.5. The zero-order valence-electron chi connectivity index (χ0n) is 15.5. The fraction of sp³-hybridized carbons (Fsp3) is 0.143. The van der Waals surface area contributed by atoms with Gasteiger partial charge in [-0.2, -0.15) is 0 Å². The van der Waals surface area contributed by atoms with E-state index in [1.165, 1.54) is 7.11 Å². The summed E-state index contributed by atoms with van der Waals surface area (Å²) in [7, 11) is 3.11. The van der Waals surface area contributed by atoms with Crippen LogP contribution in [0.5, 0.6) is 11.5 Å². The van der Waals surface area contributed by atoms with Gasteiger partial charge in [0, 0.05) is 29.4 Å². The smallest absolute Gasteiger partial charge is 0.255 e. The predicted octanol–water partition coefficient (Wildman–Crippen LogP) is 4.62. The van der Waals surface area contributed by atoms with Crippen LogP contribution >= 0.6 is 11.6 Å². The number of rotatable bonds is 7. The van der Waals surface area contributed by atoms with Crippen molar-refractivity contribution >= 4 is 29.0 Å². The van der Waals surface area contributed by atoms with Gasteiger partial charge >= 0.3 is 0 Å². The zero-order valence-corrected chi connectivity index (χ0v) is 16.3. The average Bonchev–Trinajstić information content (AvgIpc) is 2.73. The highest BCUT2D eigenvalue weighted by Gasteiger charge is 2.12. The van der Waals surface area contributed by atoms with Crippen molar-refractivity contribution in [2.45, 2.75) is 6.54 Å². The lowest BCUT2D eigenvalue weighted by atomic mass is 10.2. The molecule has 0 saturated heterocycles. The van der Waals surface area contributed by atoms with E-state index in [1.54, 1.807) is 43.6 Å². The summed E-state index contributed by atoms with van der Waals surface area (Å²) in [6.45, 7) is 0.504. The van der Waals surface area contributed by atoms with Crippen molar-refractivity contribution in [3.05, 3.63) is 76.9 Å². The van der Waals surface area contributed by atoms with Crippen molar-refractivity contribution in [3.63, 3.8) is 0 Å². The van der Waals surface area contributed by atoms with E-state index in [2.05, 4.69) is 15.6 Å². The highest BCUT2D eigenvalue weighted by molar-refractivity contribution is 6.31. The van der Waals surface area contributed by atoms with Crippen LogP contribution in [0.1, 0.15) is 15.9 Å². The molecule has 6 nitrogen and oxygen atoms in total. The van der Waals surface area contributed by atoms with Crippen LogP contribution in [0.25, 0.3) is 0 Å². The molecule has 2 aromatic carbocycles. The van der Waals surface area contributed by atoms with Crippen molar-refractivity contribution in [1.82, 2.24) is 4.98 Å². The molecule has 0 atom stereocenters. The van der Waals surface area contributed by atoms with Crippen LogP contribution in [0, 0.1) is 0 Å². The zero-order chi connectivity index (χ0) is 19.9. The summed E-state index contributed by atoms with van der Waals surface area (Å²) in [6.07, 6.45) is 1.58. The third kappa shape index (κ3) is 4.72. The Bertz CT molecular complexity index is 979. The van der Waals surface area contributed by atoms with Crippen LogP contribution in [-0.4, -0.2) is 25.1 Å². The van der Waals surface area contributed by atoms with Gasteiger partial charge in [0.2, 0.25) is 0 Å². The maximum absolute atomic E-state index is 12.6. The normalized spacial score (nSPS) is 10.2. The first-order chi connectivity index (χ1) is 13.6. The number of anilines is 2. The van der Waals surface area contributed by atoms with E-state index in [0.29, 0.717) is 40.1 Å². The molecule has 0 aliphatic carbocycles. The number of benzene rings is 2. The van der Waals surface area contributed by atoms with E-state index in [0.717, 1.165) is 5.56 Å². The standard InChI is InChI=1S/C21H20ClN3O3/c1-27-16-7-8-18(19(12-16)28-2)25-21(26)14-9-10-23-20(11-14)24-13-15-5-3-4-6-17(15)22/h3-12H,13H2,1-2H3,(H,23,24)(H,25,26). The van der Waals surface area contributed by atoms with E-state index in [1.807, 2.05) is 24.3 Å². The molecule has 0 aliphatic rings. The lowest BCUT2D eigenvalue weighted by Gasteiger charge is -2.12. The molecule has 1 heterocycles. The molecule has 0 spiro atoms. The molecule has 2 N–H and O–H groups in total. The maximum Gasteiger partial charge on any atom is 0.255 e. The summed E-state index contributed by atoms with van der Waals surface area (Å²) in [5.41, 5.74) is 1.97. The minimum Gasteiger partial charge on any atom is -0.497 e. The quantitative estimate of drug-likeness (QED) is 0.608. The number of aromatic nitrogens is 1. The number of halogens is 1. The Morgan fingerprint density at radius 2 is 1.89 bits per heavy atom. The number of ether oxygens (including phenoxy) is 2. The summed E-state index contributed by atoms with van der Waals surface area (Å²) in [5, 5.41) is 6.70. The maximum atomic E-state index is 12.6. The second kappa shape index (κ2) is 9.10. The summed E-state index contributed by atoms with van der Waals surface area (Å²) in [5.74, 6) is 1.46. The second-order valence-corrected chi connectivity index (χ2v) is 6.30. The highest BCUT2D eigenvalue weighted by atomic mass is 35.5. The monoisotopic (exact) mass is 397 g/mol. The van der Waals surface area contributed by atoms with Crippen LogP contribution in [0.15, 0.2) is 60.8 Å². The molecule has 28 heavy (non-hydrogen) atoms. The molecule has 144 valence electrons. The molecule has 3 rings (SSSR count). The van der Waals surface area contributed by atoms with Gasteiger partial charge in [-0.05, 0) is 35.9 Å². The fourth-order valence-electron chi connectivity index (χ4n) is 2.59. The number of nitrogens with zero attached hydrogens (tertiary/aromatic N) is 1. The summed E-state index contributed by atoms with van der Waals surface area (Å²) in [6, 6.07) is 16.1. The highest BCUT2D eigenvalue weighted by Crippen LogP contribution is 2.29. The van der Waals surface area contributed by atoms with E-state index in [4.69, 9.17) is 21.1 Å². The van der Waals surface area contributed by atoms with Gasteiger partial charge in [-0.25, -0.2) is 4.98 Å². The van der Waals surface area contributed by atoms with Crippen LogP contribution < -0.4 is 20.1 Å². The van der Waals surface area contributed by atoms with Gasteiger partial charge in [0.15, 0.2) is 0 Å². The van der Waals surface area contributed by atoms with Crippen molar-refractivity contribution in [1.29, 1.82) is 0 Å². The van der Waals surface area contributed by atoms with Gasteiger partial charge in [-0.1, -0.05) is 29.8 Å². The molecule has 3 aromatic rings. The van der Waals surface area contributed by atoms with Gasteiger partial charge in [0.1, 0.15) is 17.3 Å². The van der Waals surface area contributed by atoms with Gasteiger partial charge in [0.05, 0.1) is 19.9 Å². The molecular formula is C21H20ClN3O3. The molecule has 0 unspecified atom stereocenters. The lowest BCUT2D eigenvalue weighted by Crippen LogP contribution is -2.13. The van der Waals surface area contributed by atoms with Crippen LogP contribution in [-0.2, 0) is 6.54 Å². The molecule has 7 heteroatoms. The molecule has 1 aromatic heterocycles. The minimum atomic E-state index is -0.272. The number of nitrogens with one attached hydrogen (secondary N) is 2. The van der Waals surface area contributed by atoms with Crippen molar-refractivity contribution in [2.75, 3.05) is 24.9 Å². The first-order valence-electron chi connectivity index (χ1n) is 8.57. The largest absolute Gasteiger partial charge is 0.497 e. The third-order valence-corrected chi connectivity index (χ3v) is 4.47. The Balaban J connectivity index is 1.71. The Labute approximate surface area is 168 Å². The van der Waals surface area contributed by atoms with Gasteiger partial charge in [0.25, 0.3) is 5.91 Å². The van der Waals surface area contributed by atoms with Crippen LogP contribution in [0.2, 0.25) is 5.02 Å². The third-order valence-electron chi connectivity index (χ3n) is 4.10. The van der Waals surface area contributed by atoms with Crippen molar-refractivity contribution in [2.24, 2.45) is 0 Å².